The highest BCUT2D eigenvalue weighted by molar-refractivity contribution is 8.18. The number of nitrogens with one attached hydrogen (secondary N) is 1. The number of hydrogen-bond acceptors (Lipinski definition) is 6. The molecule has 0 saturated carbocycles. The SMILES string of the molecule is O=C1NC(=O)/C(=C/c2ccc3c(c2)CN(c2ccccn2)CCO3)S1. The van der Waals surface area contributed by atoms with Crippen LogP contribution in [-0.4, -0.2) is 29.3 Å². The topological polar surface area (TPSA) is 71.5 Å². The predicted octanol–water partition coefficient (Wildman–Crippen LogP) is 2.80. The second kappa shape index (κ2) is 6.60. The maximum atomic E-state index is 11.7. The molecule has 126 valence electrons. The molecule has 6 nitrogen and oxygen atoms in total. The zero-order valence-corrected chi connectivity index (χ0v) is 14.1. The Hall–Kier alpha value is -2.80. The summed E-state index contributed by atoms with van der Waals surface area (Å²) in [4.78, 5) is 30.0. The van der Waals surface area contributed by atoms with Gasteiger partial charge in [0.1, 0.15) is 18.2 Å². The molecule has 1 N–H and O–H groups in total. The van der Waals surface area contributed by atoms with E-state index in [0.717, 1.165) is 41.0 Å². The number of rotatable bonds is 2. The molecule has 1 aromatic carbocycles. The fourth-order valence-corrected chi connectivity index (χ4v) is 3.49. The van der Waals surface area contributed by atoms with E-state index < -0.39 is 0 Å². The van der Waals surface area contributed by atoms with Crippen molar-refractivity contribution < 1.29 is 14.3 Å². The molecule has 25 heavy (non-hydrogen) atoms. The summed E-state index contributed by atoms with van der Waals surface area (Å²) in [6, 6.07) is 11.6. The average Bonchev–Trinajstić information content (AvgIpc) is 2.82. The van der Waals surface area contributed by atoms with E-state index in [2.05, 4.69) is 15.2 Å². The molecule has 0 radical (unpaired) electrons. The number of amides is 2. The second-order valence-corrected chi connectivity index (χ2v) is 6.69. The molecule has 0 aliphatic carbocycles. The Morgan fingerprint density at radius 2 is 2.16 bits per heavy atom. The lowest BCUT2D eigenvalue weighted by Gasteiger charge is -2.20. The average molecular weight is 353 g/mol. The van der Waals surface area contributed by atoms with Crippen LogP contribution in [0, 0.1) is 0 Å². The summed E-state index contributed by atoms with van der Waals surface area (Å²) in [5, 5.41) is 1.93. The molecular formula is C18H15N3O3S. The van der Waals surface area contributed by atoms with Gasteiger partial charge in [-0.1, -0.05) is 12.1 Å². The normalized spacial score (nSPS) is 18.6. The van der Waals surface area contributed by atoms with Gasteiger partial charge in [-0.05, 0) is 47.7 Å². The van der Waals surface area contributed by atoms with Gasteiger partial charge in [0.15, 0.2) is 0 Å². The molecule has 2 aliphatic heterocycles. The molecular weight excluding hydrogens is 338 g/mol. The summed E-state index contributed by atoms with van der Waals surface area (Å²) in [6.07, 6.45) is 3.50. The van der Waals surface area contributed by atoms with Crippen LogP contribution >= 0.6 is 11.8 Å². The highest BCUT2D eigenvalue weighted by Gasteiger charge is 2.25. The molecule has 0 bridgehead atoms. The zero-order valence-electron chi connectivity index (χ0n) is 13.3. The van der Waals surface area contributed by atoms with Crippen LogP contribution in [0.2, 0.25) is 0 Å². The van der Waals surface area contributed by atoms with Crippen molar-refractivity contribution in [3.63, 3.8) is 0 Å². The van der Waals surface area contributed by atoms with Gasteiger partial charge < -0.3 is 9.64 Å². The lowest BCUT2D eigenvalue weighted by atomic mass is 10.1. The van der Waals surface area contributed by atoms with Crippen LogP contribution in [0.1, 0.15) is 11.1 Å². The summed E-state index contributed by atoms with van der Waals surface area (Å²) in [7, 11) is 0. The van der Waals surface area contributed by atoms with Crippen molar-refractivity contribution in [3.8, 4) is 5.75 Å². The number of anilines is 1. The highest BCUT2D eigenvalue weighted by atomic mass is 32.2. The molecule has 2 amide bonds. The number of carbonyl (C=O) groups is 2. The minimum atomic E-state index is -0.351. The Morgan fingerprint density at radius 1 is 1.24 bits per heavy atom. The predicted molar refractivity (Wildman–Crippen MR) is 96.3 cm³/mol. The van der Waals surface area contributed by atoms with Crippen molar-refractivity contribution in [1.29, 1.82) is 0 Å². The number of carbonyl (C=O) groups excluding carboxylic acids is 2. The summed E-state index contributed by atoms with van der Waals surface area (Å²) in [5.74, 6) is 1.38. The third-order valence-corrected chi connectivity index (χ3v) is 4.79. The van der Waals surface area contributed by atoms with Gasteiger partial charge >= 0.3 is 0 Å². The van der Waals surface area contributed by atoms with Crippen LogP contribution in [0.25, 0.3) is 6.08 Å². The van der Waals surface area contributed by atoms with Gasteiger partial charge in [-0.15, -0.1) is 0 Å². The fraction of sp³-hybridized carbons (Fsp3) is 0.167. The Balaban J connectivity index is 1.63. The van der Waals surface area contributed by atoms with Crippen LogP contribution in [0.3, 0.4) is 0 Å². The number of fused-ring (bicyclic) bond motifs is 1. The van der Waals surface area contributed by atoms with Crippen molar-refractivity contribution in [2.24, 2.45) is 0 Å². The number of nitrogens with zero attached hydrogens (tertiary/aromatic N) is 2. The van der Waals surface area contributed by atoms with E-state index in [1.807, 2.05) is 36.4 Å². The minimum absolute atomic E-state index is 0.337. The van der Waals surface area contributed by atoms with E-state index in [-0.39, 0.29) is 11.1 Å². The number of benzene rings is 1. The molecule has 0 atom stereocenters. The maximum absolute atomic E-state index is 11.7. The smallest absolute Gasteiger partial charge is 0.290 e. The summed E-state index contributed by atoms with van der Waals surface area (Å²) in [6.45, 7) is 1.99. The Labute approximate surface area is 148 Å². The van der Waals surface area contributed by atoms with Crippen LogP contribution in [0.5, 0.6) is 5.75 Å². The van der Waals surface area contributed by atoms with E-state index in [4.69, 9.17) is 4.74 Å². The summed E-state index contributed by atoms with van der Waals surface area (Å²) < 4.78 is 5.83. The summed E-state index contributed by atoms with van der Waals surface area (Å²) >= 11 is 0.917. The van der Waals surface area contributed by atoms with Crippen LogP contribution in [0.15, 0.2) is 47.5 Å². The van der Waals surface area contributed by atoms with Crippen molar-refractivity contribution in [3.05, 3.63) is 58.6 Å². The van der Waals surface area contributed by atoms with Crippen LogP contribution < -0.4 is 15.0 Å². The molecule has 0 spiro atoms. The molecule has 4 rings (SSSR count). The lowest BCUT2D eigenvalue weighted by Crippen LogP contribution is -2.25. The first-order valence-corrected chi connectivity index (χ1v) is 8.67. The van der Waals surface area contributed by atoms with Crippen LogP contribution in [0.4, 0.5) is 10.6 Å². The molecule has 3 heterocycles. The molecule has 2 aromatic rings. The van der Waals surface area contributed by atoms with Crippen molar-refractivity contribution in [2.75, 3.05) is 18.1 Å². The molecule has 0 unspecified atom stereocenters. The van der Waals surface area contributed by atoms with Crippen molar-refractivity contribution >= 4 is 34.8 Å². The Bertz CT molecular complexity index is 867. The number of aromatic nitrogens is 1. The van der Waals surface area contributed by atoms with Gasteiger partial charge in [0.05, 0.1) is 11.4 Å². The number of pyridine rings is 1. The van der Waals surface area contributed by atoms with E-state index in [1.165, 1.54) is 0 Å². The van der Waals surface area contributed by atoms with Gasteiger partial charge in [0, 0.05) is 18.3 Å². The van der Waals surface area contributed by atoms with Gasteiger partial charge in [-0.2, -0.15) is 0 Å². The van der Waals surface area contributed by atoms with E-state index in [0.29, 0.717) is 18.1 Å². The number of ether oxygens (including phenoxy) is 1. The highest BCUT2D eigenvalue weighted by Crippen LogP contribution is 2.30. The van der Waals surface area contributed by atoms with Crippen molar-refractivity contribution in [2.45, 2.75) is 6.54 Å². The largest absolute Gasteiger partial charge is 0.491 e. The van der Waals surface area contributed by atoms with E-state index in [9.17, 15) is 9.59 Å². The zero-order chi connectivity index (χ0) is 17.2. The van der Waals surface area contributed by atoms with Gasteiger partial charge in [0.2, 0.25) is 0 Å². The Kier molecular flexibility index (Phi) is 4.15. The standard InChI is InChI=1S/C18H15N3O3S/c22-17-15(25-18(23)20-17)10-12-4-5-14-13(9-12)11-21(7-8-24-14)16-3-1-2-6-19-16/h1-6,9-10H,7-8,11H2,(H,20,22,23)/b15-10-. The second-order valence-electron chi connectivity index (χ2n) is 5.68. The molecule has 2 aliphatic rings. The lowest BCUT2D eigenvalue weighted by molar-refractivity contribution is -0.115. The quantitative estimate of drug-likeness (QED) is 0.837. The molecule has 1 saturated heterocycles. The van der Waals surface area contributed by atoms with E-state index in [1.54, 1.807) is 12.3 Å². The summed E-state index contributed by atoms with van der Waals surface area (Å²) in [5.41, 5.74) is 1.88. The third-order valence-electron chi connectivity index (χ3n) is 3.98. The first-order valence-electron chi connectivity index (χ1n) is 7.85. The number of thioether (sulfide) groups is 1. The first kappa shape index (κ1) is 15.7. The fourth-order valence-electron chi connectivity index (χ4n) is 2.81. The van der Waals surface area contributed by atoms with Gasteiger partial charge in [0.25, 0.3) is 11.1 Å². The first-order chi connectivity index (χ1) is 12.2. The maximum Gasteiger partial charge on any atom is 0.290 e. The Morgan fingerprint density at radius 3 is 2.92 bits per heavy atom. The van der Waals surface area contributed by atoms with Gasteiger partial charge in [-0.3, -0.25) is 14.9 Å². The van der Waals surface area contributed by atoms with Crippen molar-refractivity contribution in [1.82, 2.24) is 10.3 Å². The number of imide groups is 1. The van der Waals surface area contributed by atoms with Gasteiger partial charge in [-0.25, -0.2) is 4.98 Å². The molecule has 1 aromatic heterocycles. The molecule has 1 fully saturated rings. The van der Waals surface area contributed by atoms with Crippen LogP contribution in [-0.2, 0) is 11.3 Å². The third kappa shape index (κ3) is 3.36. The minimum Gasteiger partial charge on any atom is -0.491 e. The van der Waals surface area contributed by atoms with E-state index >= 15 is 0 Å². The number of hydrogen-bond donors (Lipinski definition) is 1. The molecule has 7 heteroatoms. The monoisotopic (exact) mass is 353 g/mol.